The molecule has 104 valence electrons. The largest absolute Gasteiger partial charge is 0.340 e. The molecular weight excluding hydrogens is 228 g/mol. The van der Waals surface area contributed by atoms with Gasteiger partial charge in [-0.1, -0.05) is 27.7 Å². The maximum absolute atomic E-state index is 12.4. The molecule has 2 amide bonds. The molecule has 1 rings (SSSR count). The van der Waals surface area contributed by atoms with Crippen molar-refractivity contribution in [3.05, 3.63) is 0 Å². The Morgan fingerprint density at radius 1 is 1.33 bits per heavy atom. The van der Waals surface area contributed by atoms with E-state index in [9.17, 15) is 9.59 Å². The van der Waals surface area contributed by atoms with Crippen molar-refractivity contribution in [2.75, 3.05) is 6.54 Å². The molecule has 2 atom stereocenters. The molecule has 1 N–H and O–H groups in total. The topological polar surface area (TPSA) is 49.4 Å². The molecule has 18 heavy (non-hydrogen) atoms. The van der Waals surface area contributed by atoms with Crippen molar-refractivity contribution in [3.8, 4) is 0 Å². The fourth-order valence-electron chi connectivity index (χ4n) is 1.95. The molecule has 0 saturated carbocycles. The lowest BCUT2D eigenvalue weighted by molar-refractivity contribution is -0.153. The summed E-state index contributed by atoms with van der Waals surface area (Å²) in [7, 11) is 0. The number of piperazine rings is 1. The lowest BCUT2D eigenvalue weighted by Crippen LogP contribution is -2.68. The van der Waals surface area contributed by atoms with Crippen LogP contribution in [0, 0.1) is 11.3 Å². The number of carbonyl (C=O) groups excluding carboxylic acids is 2. The maximum Gasteiger partial charge on any atom is 0.248 e. The minimum atomic E-state index is -0.790. The summed E-state index contributed by atoms with van der Waals surface area (Å²) in [5.41, 5.74) is -0.667. The van der Waals surface area contributed by atoms with E-state index in [1.807, 2.05) is 0 Å². The lowest BCUT2D eigenvalue weighted by Gasteiger charge is -2.44. The van der Waals surface area contributed by atoms with Crippen molar-refractivity contribution in [2.24, 2.45) is 11.3 Å². The first kappa shape index (κ1) is 15.0. The maximum atomic E-state index is 12.4. The van der Waals surface area contributed by atoms with Crippen LogP contribution >= 0.6 is 0 Å². The van der Waals surface area contributed by atoms with Crippen LogP contribution in [0.2, 0.25) is 0 Å². The Kier molecular flexibility index (Phi) is 3.80. The van der Waals surface area contributed by atoms with Crippen LogP contribution in [0.5, 0.6) is 0 Å². The second kappa shape index (κ2) is 4.56. The molecule has 0 aliphatic carbocycles. The lowest BCUT2D eigenvalue weighted by atomic mass is 9.81. The van der Waals surface area contributed by atoms with Crippen LogP contribution in [0.25, 0.3) is 0 Å². The van der Waals surface area contributed by atoms with Crippen LogP contribution < -0.4 is 5.32 Å². The first-order valence-corrected chi connectivity index (χ1v) is 6.60. The van der Waals surface area contributed by atoms with Gasteiger partial charge in [-0.15, -0.1) is 0 Å². The van der Waals surface area contributed by atoms with Gasteiger partial charge in [0, 0.05) is 6.54 Å². The highest BCUT2D eigenvalue weighted by Crippen LogP contribution is 2.28. The number of amides is 2. The van der Waals surface area contributed by atoms with E-state index in [2.05, 4.69) is 33.0 Å². The highest BCUT2D eigenvalue weighted by molar-refractivity contribution is 5.99. The summed E-state index contributed by atoms with van der Waals surface area (Å²) in [6.07, 6.45) is 0. The van der Waals surface area contributed by atoms with Gasteiger partial charge in [0.1, 0.15) is 11.6 Å². The van der Waals surface area contributed by atoms with E-state index in [1.54, 1.807) is 25.7 Å². The molecule has 4 nitrogen and oxygen atoms in total. The Morgan fingerprint density at radius 3 is 2.28 bits per heavy atom. The number of hydrogen-bond acceptors (Lipinski definition) is 2. The fraction of sp³-hybridized carbons (Fsp3) is 0.857. The van der Waals surface area contributed by atoms with E-state index in [0.717, 1.165) is 0 Å². The third-order valence-electron chi connectivity index (χ3n) is 4.03. The van der Waals surface area contributed by atoms with Crippen molar-refractivity contribution in [1.82, 2.24) is 10.2 Å². The smallest absolute Gasteiger partial charge is 0.248 e. The van der Waals surface area contributed by atoms with Crippen molar-refractivity contribution in [1.29, 1.82) is 0 Å². The number of rotatable bonds is 2. The number of nitrogens with one attached hydrogen (secondary N) is 1. The quantitative estimate of drug-likeness (QED) is 0.817. The van der Waals surface area contributed by atoms with Gasteiger partial charge in [-0.2, -0.15) is 0 Å². The molecule has 2 unspecified atom stereocenters. The Morgan fingerprint density at radius 2 is 1.83 bits per heavy atom. The van der Waals surface area contributed by atoms with Gasteiger partial charge in [0.05, 0.1) is 0 Å². The molecule has 1 fully saturated rings. The van der Waals surface area contributed by atoms with Gasteiger partial charge in [-0.05, 0) is 32.1 Å². The van der Waals surface area contributed by atoms with E-state index >= 15 is 0 Å². The predicted octanol–water partition coefficient (Wildman–Crippen LogP) is 1.79. The second-order valence-electron chi connectivity index (χ2n) is 7.01. The summed E-state index contributed by atoms with van der Waals surface area (Å²) < 4.78 is 0. The third-order valence-corrected chi connectivity index (χ3v) is 4.03. The fourth-order valence-corrected chi connectivity index (χ4v) is 1.95. The molecule has 0 aromatic heterocycles. The summed E-state index contributed by atoms with van der Waals surface area (Å²) in [6, 6.07) is -0.379. The summed E-state index contributed by atoms with van der Waals surface area (Å²) in [6.45, 7) is 14.5. The van der Waals surface area contributed by atoms with E-state index in [0.29, 0.717) is 12.5 Å². The molecule has 0 aromatic rings. The normalized spacial score (nSPS) is 25.9. The van der Waals surface area contributed by atoms with Crippen LogP contribution in [0.4, 0.5) is 0 Å². The van der Waals surface area contributed by atoms with E-state index in [-0.39, 0.29) is 23.3 Å². The summed E-state index contributed by atoms with van der Waals surface area (Å²) in [4.78, 5) is 26.0. The summed E-state index contributed by atoms with van der Waals surface area (Å²) in [5, 5.41) is 2.77. The molecule has 1 aliphatic heterocycles. The number of nitrogens with zero attached hydrogens (tertiary/aromatic N) is 1. The molecular formula is C14H26N2O2. The van der Waals surface area contributed by atoms with Crippen molar-refractivity contribution in [2.45, 2.75) is 60.0 Å². The average Bonchev–Trinajstić information content (AvgIpc) is 2.19. The highest BCUT2D eigenvalue weighted by atomic mass is 16.2. The molecule has 0 bridgehead atoms. The first-order chi connectivity index (χ1) is 7.97. The van der Waals surface area contributed by atoms with Gasteiger partial charge in [0.2, 0.25) is 11.8 Å². The Labute approximate surface area is 110 Å². The average molecular weight is 254 g/mol. The zero-order valence-corrected chi connectivity index (χ0v) is 12.6. The van der Waals surface area contributed by atoms with Gasteiger partial charge in [-0.25, -0.2) is 0 Å². The molecule has 0 spiro atoms. The van der Waals surface area contributed by atoms with Gasteiger partial charge in [0.25, 0.3) is 0 Å². The van der Waals surface area contributed by atoms with Crippen LogP contribution in [0.1, 0.15) is 48.5 Å². The van der Waals surface area contributed by atoms with Crippen molar-refractivity contribution < 1.29 is 9.59 Å². The molecule has 4 heteroatoms. The minimum absolute atomic E-state index is 0.00528. The Balaban J connectivity index is 2.91. The monoisotopic (exact) mass is 254 g/mol. The van der Waals surface area contributed by atoms with Crippen LogP contribution in [0.15, 0.2) is 0 Å². The standard InChI is InChI=1S/C14H26N2O2/c1-9(13(3,4)5)8-16-10(2)11(17)15-14(6,7)12(16)18/h9-10H,8H2,1-7H3,(H,15,17). The molecule has 0 aromatic carbocycles. The third kappa shape index (κ3) is 2.85. The molecule has 0 radical (unpaired) electrons. The van der Waals surface area contributed by atoms with Crippen molar-refractivity contribution >= 4 is 11.8 Å². The molecule has 1 saturated heterocycles. The van der Waals surface area contributed by atoms with Crippen LogP contribution in [-0.4, -0.2) is 34.8 Å². The number of hydrogen-bond donors (Lipinski definition) is 1. The molecule has 1 aliphatic rings. The zero-order valence-electron chi connectivity index (χ0n) is 12.6. The number of carbonyl (C=O) groups is 2. The van der Waals surface area contributed by atoms with E-state index < -0.39 is 5.54 Å². The Bertz CT molecular complexity index is 355. The van der Waals surface area contributed by atoms with Gasteiger partial charge in [-0.3, -0.25) is 9.59 Å². The van der Waals surface area contributed by atoms with E-state index in [4.69, 9.17) is 0 Å². The Hall–Kier alpha value is -1.06. The van der Waals surface area contributed by atoms with Crippen LogP contribution in [-0.2, 0) is 9.59 Å². The van der Waals surface area contributed by atoms with Crippen LogP contribution in [0.3, 0.4) is 0 Å². The van der Waals surface area contributed by atoms with Gasteiger partial charge < -0.3 is 10.2 Å². The first-order valence-electron chi connectivity index (χ1n) is 6.60. The second-order valence-corrected chi connectivity index (χ2v) is 7.01. The highest BCUT2D eigenvalue weighted by Gasteiger charge is 2.44. The molecule has 1 heterocycles. The predicted molar refractivity (Wildman–Crippen MR) is 72.0 cm³/mol. The summed E-state index contributed by atoms with van der Waals surface area (Å²) in [5.74, 6) is 0.275. The van der Waals surface area contributed by atoms with Crippen molar-refractivity contribution in [3.63, 3.8) is 0 Å². The minimum Gasteiger partial charge on any atom is -0.340 e. The summed E-state index contributed by atoms with van der Waals surface area (Å²) >= 11 is 0. The SMILES string of the molecule is CC1C(=O)NC(C)(C)C(=O)N1CC(C)C(C)(C)C. The van der Waals surface area contributed by atoms with Gasteiger partial charge >= 0.3 is 0 Å². The van der Waals surface area contributed by atoms with Gasteiger partial charge in [0.15, 0.2) is 0 Å². The zero-order chi connectivity index (χ0) is 14.3. The van der Waals surface area contributed by atoms with E-state index in [1.165, 1.54) is 0 Å².